The number of ether oxygens (including phenoxy) is 1. The van der Waals surface area contributed by atoms with E-state index in [-0.39, 0.29) is 6.04 Å². The van der Waals surface area contributed by atoms with Gasteiger partial charge in [0.05, 0.1) is 7.11 Å². The summed E-state index contributed by atoms with van der Waals surface area (Å²) in [6.45, 7) is 6.51. The Labute approximate surface area is 98.8 Å². The summed E-state index contributed by atoms with van der Waals surface area (Å²) in [5.74, 6) is 1.42. The SMILES string of the molecule is CCCC(N)c1ccc(OC)c(C(C)C)c1. The van der Waals surface area contributed by atoms with Gasteiger partial charge in [-0.05, 0) is 29.5 Å². The van der Waals surface area contributed by atoms with E-state index in [0.717, 1.165) is 18.6 Å². The highest BCUT2D eigenvalue weighted by Crippen LogP contribution is 2.29. The Hall–Kier alpha value is -1.02. The summed E-state index contributed by atoms with van der Waals surface area (Å²) >= 11 is 0. The first-order chi connectivity index (χ1) is 7.60. The first-order valence-corrected chi connectivity index (χ1v) is 6.03. The number of hydrogen-bond donors (Lipinski definition) is 1. The molecule has 0 saturated heterocycles. The average Bonchev–Trinajstić information content (AvgIpc) is 2.28. The van der Waals surface area contributed by atoms with E-state index in [4.69, 9.17) is 10.5 Å². The van der Waals surface area contributed by atoms with Gasteiger partial charge in [0.2, 0.25) is 0 Å². The minimum absolute atomic E-state index is 0.147. The maximum Gasteiger partial charge on any atom is 0.122 e. The lowest BCUT2D eigenvalue weighted by molar-refractivity contribution is 0.407. The maximum absolute atomic E-state index is 6.13. The minimum atomic E-state index is 0.147. The molecule has 0 heterocycles. The summed E-state index contributed by atoms with van der Waals surface area (Å²) in [7, 11) is 1.72. The lowest BCUT2D eigenvalue weighted by Gasteiger charge is -2.16. The van der Waals surface area contributed by atoms with Gasteiger partial charge in [-0.2, -0.15) is 0 Å². The second kappa shape index (κ2) is 5.90. The second-order valence-corrected chi connectivity index (χ2v) is 4.55. The standard InChI is InChI=1S/C14H23NO/c1-5-6-13(15)11-7-8-14(16-4)12(9-11)10(2)3/h7-10,13H,5-6,15H2,1-4H3. The highest BCUT2D eigenvalue weighted by molar-refractivity contribution is 5.40. The van der Waals surface area contributed by atoms with Crippen molar-refractivity contribution in [3.8, 4) is 5.75 Å². The molecule has 0 amide bonds. The van der Waals surface area contributed by atoms with Crippen molar-refractivity contribution in [2.24, 2.45) is 5.73 Å². The van der Waals surface area contributed by atoms with E-state index in [1.165, 1.54) is 11.1 Å². The van der Waals surface area contributed by atoms with Gasteiger partial charge in [0.15, 0.2) is 0 Å². The molecule has 90 valence electrons. The van der Waals surface area contributed by atoms with Gasteiger partial charge in [0.25, 0.3) is 0 Å². The molecule has 0 aliphatic heterocycles. The van der Waals surface area contributed by atoms with Crippen molar-refractivity contribution in [1.82, 2.24) is 0 Å². The summed E-state index contributed by atoms with van der Waals surface area (Å²) in [4.78, 5) is 0. The Morgan fingerprint density at radius 2 is 2.00 bits per heavy atom. The predicted molar refractivity (Wildman–Crippen MR) is 68.9 cm³/mol. The Kier molecular flexibility index (Phi) is 4.81. The summed E-state index contributed by atoms with van der Waals surface area (Å²) in [5.41, 5.74) is 8.58. The molecular formula is C14H23NO. The number of rotatable bonds is 5. The van der Waals surface area contributed by atoms with Crippen molar-refractivity contribution >= 4 is 0 Å². The highest BCUT2D eigenvalue weighted by Gasteiger charge is 2.11. The molecule has 1 aromatic carbocycles. The number of nitrogens with two attached hydrogens (primary N) is 1. The minimum Gasteiger partial charge on any atom is -0.496 e. The zero-order valence-corrected chi connectivity index (χ0v) is 10.8. The van der Waals surface area contributed by atoms with E-state index in [1.807, 2.05) is 6.07 Å². The van der Waals surface area contributed by atoms with Crippen molar-refractivity contribution in [2.75, 3.05) is 7.11 Å². The van der Waals surface area contributed by atoms with Gasteiger partial charge in [-0.1, -0.05) is 39.3 Å². The lowest BCUT2D eigenvalue weighted by Crippen LogP contribution is -2.10. The average molecular weight is 221 g/mol. The quantitative estimate of drug-likeness (QED) is 0.824. The molecule has 0 spiro atoms. The van der Waals surface area contributed by atoms with E-state index >= 15 is 0 Å². The van der Waals surface area contributed by atoms with E-state index in [2.05, 4.69) is 32.9 Å². The van der Waals surface area contributed by atoms with Gasteiger partial charge < -0.3 is 10.5 Å². The summed E-state index contributed by atoms with van der Waals surface area (Å²) in [6.07, 6.45) is 2.15. The second-order valence-electron chi connectivity index (χ2n) is 4.55. The van der Waals surface area contributed by atoms with E-state index < -0.39 is 0 Å². The molecule has 2 N–H and O–H groups in total. The molecule has 0 aliphatic rings. The van der Waals surface area contributed by atoms with Crippen molar-refractivity contribution < 1.29 is 4.74 Å². The summed E-state index contributed by atoms with van der Waals surface area (Å²) < 4.78 is 5.36. The van der Waals surface area contributed by atoms with E-state index in [0.29, 0.717) is 5.92 Å². The van der Waals surface area contributed by atoms with Crippen LogP contribution in [0.3, 0.4) is 0 Å². The van der Waals surface area contributed by atoms with Crippen LogP contribution in [0.4, 0.5) is 0 Å². The van der Waals surface area contributed by atoms with Gasteiger partial charge in [-0.15, -0.1) is 0 Å². The van der Waals surface area contributed by atoms with E-state index in [9.17, 15) is 0 Å². The molecule has 16 heavy (non-hydrogen) atoms. The van der Waals surface area contributed by atoms with Crippen LogP contribution in [-0.2, 0) is 0 Å². The zero-order valence-electron chi connectivity index (χ0n) is 10.8. The van der Waals surface area contributed by atoms with E-state index in [1.54, 1.807) is 7.11 Å². The molecule has 1 rings (SSSR count). The fraction of sp³-hybridized carbons (Fsp3) is 0.571. The smallest absolute Gasteiger partial charge is 0.122 e. The molecule has 0 aromatic heterocycles. The Morgan fingerprint density at radius 3 is 2.50 bits per heavy atom. The number of methoxy groups -OCH3 is 1. The van der Waals surface area contributed by atoms with Crippen LogP contribution < -0.4 is 10.5 Å². The van der Waals surface area contributed by atoms with Crippen LogP contribution in [-0.4, -0.2) is 7.11 Å². The first-order valence-electron chi connectivity index (χ1n) is 6.03. The monoisotopic (exact) mass is 221 g/mol. The number of benzene rings is 1. The normalized spacial score (nSPS) is 12.9. The molecule has 0 radical (unpaired) electrons. The molecule has 0 aliphatic carbocycles. The maximum atomic E-state index is 6.13. The fourth-order valence-corrected chi connectivity index (χ4v) is 1.91. The van der Waals surface area contributed by atoms with Gasteiger partial charge in [-0.3, -0.25) is 0 Å². The van der Waals surface area contributed by atoms with Crippen LogP contribution in [0.2, 0.25) is 0 Å². The molecule has 0 saturated carbocycles. The largest absolute Gasteiger partial charge is 0.496 e. The lowest BCUT2D eigenvalue weighted by atomic mass is 9.95. The van der Waals surface area contributed by atoms with Crippen molar-refractivity contribution in [2.45, 2.75) is 45.6 Å². The van der Waals surface area contributed by atoms with Gasteiger partial charge in [0, 0.05) is 6.04 Å². The molecule has 1 aromatic rings. The predicted octanol–water partition coefficient (Wildman–Crippen LogP) is 3.62. The molecule has 1 unspecified atom stereocenters. The van der Waals surface area contributed by atoms with Crippen molar-refractivity contribution in [3.63, 3.8) is 0 Å². The number of hydrogen-bond acceptors (Lipinski definition) is 2. The van der Waals surface area contributed by atoms with Crippen LogP contribution >= 0.6 is 0 Å². The third-order valence-corrected chi connectivity index (χ3v) is 2.90. The Balaban J connectivity index is 3.01. The zero-order chi connectivity index (χ0) is 12.1. The van der Waals surface area contributed by atoms with Crippen LogP contribution in [0.5, 0.6) is 5.75 Å². The Bertz CT molecular complexity index is 334. The third-order valence-electron chi connectivity index (χ3n) is 2.90. The Morgan fingerprint density at radius 1 is 1.31 bits per heavy atom. The van der Waals surface area contributed by atoms with Crippen molar-refractivity contribution in [1.29, 1.82) is 0 Å². The molecule has 2 heteroatoms. The molecule has 1 atom stereocenters. The van der Waals surface area contributed by atoms with Gasteiger partial charge in [0.1, 0.15) is 5.75 Å². The molecule has 0 fully saturated rings. The molecular weight excluding hydrogens is 198 g/mol. The van der Waals surface area contributed by atoms with Gasteiger partial charge in [-0.25, -0.2) is 0 Å². The van der Waals surface area contributed by atoms with Gasteiger partial charge >= 0.3 is 0 Å². The van der Waals surface area contributed by atoms with Crippen LogP contribution in [0.15, 0.2) is 18.2 Å². The first kappa shape index (κ1) is 13.0. The fourth-order valence-electron chi connectivity index (χ4n) is 1.91. The highest BCUT2D eigenvalue weighted by atomic mass is 16.5. The van der Waals surface area contributed by atoms with Crippen LogP contribution in [0.25, 0.3) is 0 Å². The molecule has 0 bridgehead atoms. The van der Waals surface area contributed by atoms with Crippen LogP contribution in [0, 0.1) is 0 Å². The molecule has 2 nitrogen and oxygen atoms in total. The summed E-state index contributed by atoms with van der Waals surface area (Å²) in [6, 6.07) is 6.43. The topological polar surface area (TPSA) is 35.2 Å². The van der Waals surface area contributed by atoms with Crippen LogP contribution in [0.1, 0.15) is 56.7 Å². The van der Waals surface area contributed by atoms with Crippen molar-refractivity contribution in [3.05, 3.63) is 29.3 Å². The summed E-state index contributed by atoms with van der Waals surface area (Å²) in [5, 5.41) is 0. The third kappa shape index (κ3) is 2.99.